The maximum absolute atomic E-state index is 5.12. The van der Waals surface area contributed by atoms with Gasteiger partial charge in [-0.05, 0) is 193 Å². The molecule has 25 rings (SSSR count). The van der Waals surface area contributed by atoms with Crippen LogP contribution in [-0.2, 0) is 19.9 Å². The van der Waals surface area contributed by atoms with Gasteiger partial charge in [-0.3, -0.25) is 19.6 Å². The van der Waals surface area contributed by atoms with Crippen molar-refractivity contribution in [1.29, 1.82) is 0 Å². The number of hydrogen-bond donors (Lipinski definition) is 4. The quantitative estimate of drug-likeness (QED) is 0.131. The van der Waals surface area contributed by atoms with Crippen molar-refractivity contribution < 1.29 is 4.42 Å². The molecule has 11 heterocycles. The third kappa shape index (κ3) is 53.7. The minimum atomic E-state index is 0. The highest BCUT2D eigenvalue weighted by Crippen LogP contribution is 2.31. The lowest BCUT2D eigenvalue weighted by atomic mass is 9.80. The summed E-state index contributed by atoms with van der Waals surface area (Å²) in [7, 11) is 1.86. The van der Waals surface area contributed by atoms with E-state index in [1.54, 1.807) is 71.9 Å². The van der Waals surface area contributed by atoms with Gasteiger partial charge >= 0.3 is 0 Å². The fraction of sp³-hybridized carbons (Fsp3) is 0.244. The second-order valence-electron chi connectivity index (χ2n) is 30.7. The van der Waals surface area contributed by atoms with Crippen molar-refractivity contribution in [2.45, 2.75) is 188 Å². The van der Waals surface area contributed by atoms with Crippen LogP contribution in [0.2, 0.25) is 0 Å². The molecule has 0 bridgehead atoms. The number of thiazole rings is 1. The standard InChI is InChI=1S/C14H14.C12H10.C10H8.C9H9N3.C9H17N.C9H7N.2C8H7N.C8H6O.C7H5NS.C6H6.C5H11N.C5H5N.C4H4N2.C3H4N2.14CH4/c1-2-12-8-10-14(11-9-12)13-6-4-3-5-7-13;1-3-7-11(8-4-1)12-9-5-2-6-10-12;1-2-6-10-8-4-3-7-9(10)5-1;1-12-7-9(10-11-12)8-5-3-2-4-6-8;2*1-2-6-9-8(4-1)5-3-7-10-9;3*1-2-4-8-7(3-1)5-6-9-8;1-2-4-7-6(3-1)8-5-9-7;3*1-2-4-6-5-3-1;1-2-5-4-6-3-1;1-2-5-3-4-1;;;;;;;;;;;;;;/h3-11H,2H2,1H3;1-10H;1-8H;2-7H,1H3;8-10H,1-7H2;1-7H;1-4,6H,5H2;1-6,9H;1-6H;1-5H;1-6H;6H,1-5H2;1-5H;1-4H;1-3H,(H,4,5);14*1H4. The average molecular weight is 2000 g/mol. The van der Waals surface area contributed by atoms with E-state index in [2.05, 4.69) is 261 Å². The van der Waals surface area contributed by atoms with Gasteiger partial charge in [-0.15, -0.1) is 16.4 Å². The lowest BCUT2D eigenvalue weighted by molar-refractivity contribution is 0.212. The Kier molecular flexibility index (Phi) is 80.9. The number of furan rings is 1. The highest BCUT2D eigenvalue weighted by Gasteiger charge is 2.26. The summed E-state index contributed by atoms with van der Waals surface area (Å²) in [6.07, 6.45) is 37.9. The van der Waals surface area contributed by atoms with E-state index in [0.717, 1.165) is 63.7 Å². The van der Waals surface area contributed by atoms with Crippen molar-refractivity contribution in [1.82, 2.24) is 65.5 Å². The zero-order valence-corrected chi connectivity index (χ0v) is 76.8. The summed E-state index contributed by atoms with van der Waals surface area (Å²) in [6.45, 7) is 5.96. The summed E-state index contributed by atoms with van der Waals surface area (Å²) in [4.78, 5) is 33.2. The van der Waals surface area contributed by atoms with Gasteiger partial charge in [0.25, 0.3) is 0 Å². The molecule has 0 spiro atoms. The maximum Gasteiger partial charge on any atom is 0.133 e. The Labute approximate surface area is 891 Å². The first-order chi connectivity index (χ1) is 66.0. The number of nitrogens with one attached hydrogen (secondary N) is 4. The number of pyridine rings is 2. The first-order valence-corrected chi connectivity index (χ1v) is 46.5. The van der Waals surface area contributed by atoms with Crippen LogP contribution in [0.1, 0.15) is 180 Å². The van der Waals surface area contributed by atoms with Crippen molar-refractivity contribution in [3.63, 3.8) is 0 Å². The van der Waals surface area contributed by atoms with Crippen LogP contribution < -0.4 is 10.6 Å². The Balaban J connectivity index is -0.000000745. The van der Waals surface area contributed by atoms with Crippen LogP contribution in [0.5, 0.6) is 0 Å². The number of H-pyrrole nitrogens is 2. The zero-order valence-electron chi connectivity index (χ0n) is 76.0. The molecule has 21 aromatic rings. The summed E-state index contributed by atoms with van der Waals surface area (Å²) in [5.41, 5.74) is 17.2. The predicted octanol–water partition coefficient (Wildman–Crippen LogP) is 37.9. The number of imidazole rings is 1. The molecule has 2 unspecified atom stereocenters. The lowest BCUT2D eigenvalue weighted by Gasteiger charge is -2.36. The number of rotatable bonds is 4. The second kappa shape index (κ2) is 86.2. The van der Waals surface area contributed by atoms with Crippen molar-refractivity contribution in [2.75, 3.05) is 19.6 Å². The van der Waals surface area contributed by atoms with E-state index in [9.17, 15) is 0 Å². The molecule has 13 aromatic carbocycles. The highest BCUT2D eigenvalue weighted by molar-refractivity contribution is 7.16. The van der Waals surface area contributed by atoms with E-state index in [1.165, 1.54) is 149 Å². The molecule has 782 valence electrons. The molecule has 147 heavy (non-hydrogen) atoms. The van der Waals surface area contributed by atoms with E-state index in [-0.39, 0.29) is 104 Å². The zero-order chi connectivity index (χ0) is 91.8. The molecule has 1 aliphatic carbocycles. The number of fused-ring (bicyclic) bond motifs is 7. The third-order valence-electron chi connectivity index (χ3n) is 21.2. The molecule has 2 saturated heterocycles. The molecule has 4 aliphatic rings. The van der Waals surface area contributed by atoms with E-state index >= 15 is 0 Å². The third-order valence-corrected chi connectivity index (χ3v) is 22.0. The van der Waals surface area contributed by atoms with Gasteiger partial charge in [0.05, 0.1) is 45.7 Å². The second-order valence-corrected chi connectivity index (χ2v) is 31.6. The first kappa shape index (κ1) is 138. The Bertz CT molecular complexity index is 5770. The molecule has 3 fully saturated rings. The van der Waals surface area contributed by atoms with Gasteiger partial charge in [0, 0.05) is 97.2 Å². The summed E-state index contributed by atoms with van der Waals surface area (Å²) >= 11 is 1.68. The lowest BCUT2D eigenvalue weighted by Crippen LogP contribution is -2.42. The van der Waals surface area contributed by atoms with Crippen molar-refractivity contribution in [3.8, 4) is 33.5 Å². The number of nitrogens with zero attached hydrogens (tertiary/aromatic N) is 10. The Hall–Kier alpha value is -15.3. The molecule has 15 nitrogen and oxygen atoms in total. The molecular formula is C131H176N14OS. The van der Waals surface area contributed by atoms with Crippen LogP contribution in [0.15, 0.2) is 490 Å². The molecule has 2 atom stereocenters. The van der Waals surface area contributed by atoms with Gasteiger partial charge in [-0.2, -0.15) is 0 Å². The van der Waals surface area contributed by atoms with Crippen LogP contribution in [0, 0.1) is 5.92 Å². The van der Waals surface area contributed by atoms with Gasteiger partial charge < -0.3 is 25.0 Å². The van der Waals surface area contributed by atoms with Gasteiger partial charge in [0.2, 0.25) is 0 Å². The number of para-hydroxylation sites is 5. The van der Waals surface area contributed by atoms with E-state index in [0.29, 0.717) is 0 Å². The molecule has 4 N–H and O–H groups in total. The molecule has 1 saturated carbocycles. The van der Waals surface area contributed by atoms with E-state index < -0.39 is 0 Å². The monoisotopic (exact) mass is 1990 g/mol. The van der Waals surface area contributed by atoms with Crippen LogP contribution in [0.4, 0.5) is 5.69 Å². The normalized spacial score (nSPS) is 11.7. The predicted molar refractivity (Wildman–Crippen MR) is 653 cm³/mol. The number of hydrogen-bond acceptors (Lipinski definition) is 13. The number of aromatic nitrogens is 11. The number of aromatic amines is 2. The van der Waals surface area contributed by atoms with Crippen LogP contribution in [0.3, 0.4) is 0 Å². The number of aliphatic imine (C=N–C) groups is 1. The van der Waals surface area contributed by atoms with E-state index in [1.807, 2.05) is 244 Å². The van der Waals surface area contributed by atoms with Crippen molar-refractivity contribution >= 4 is 77.0 Å². The topological polar surface area (TPSA) is 189 Å². The molecule has 0 amide bonds. The Morgan fingerprint density at radius 1 is 0.361 bits per heavy atom. The summed E-state index contributed by atoms with van der Waals surface area (Å²) < 4.78 is 8.08. The molecule has 3 aliphatic heterocycles. The van der Waals surface area contributed by atoms with Crippen LogP contribution in [-0.4, -0.2) is 86.8 Å². The largest absolute Gasteiger partial charge is 0.464 e. The summed E-state index contributed by atoms with van der Waals surface area (Å²) in [5, 5.41) is 21.0. The fourth-order valence-corrected chi connectivity index (χ4v) is 14.9. The van der Waals surface area contributed by atoms with E-state index in [4.69, 9.17) is 4.42 Å². The van der Waals surface area contributed by atoms with Gasteiger partial charge in [-0.25, -0.2) is 19.9 Å². The summed E-state index contributed by atoms with van der Waals surface area (Å²) in [6, 6.07) is 136. The van der Waals surface area contributed by atoms with Crippen molar-refractivity contribution in [2.24, 2.45) is 18.0 Å². The molecular weight excluding hydrogens is 1820 g/mol. The molecule has 16 heteroatoms. The SMILES string of the molecule is C.C.C.C.C.C.C.C.C.C.C.C.C.C.C1=Nc2ccccc2C1.C1CCC2NCCCC2C1.C1CCNCC1.CCc1ccc(-c2ccccc2)cc1.Cn1cc(-c2ccccc2)nn1.c1c[nH]cn1.c1ccc(-c2ccccc2)cc1.c1ccc2[nH]ccc2c1.c1ccc2ccccc2c1.c1ccc2ncccc2c1.c1ccc2occc2c1.c1ccc2scnc2c1.c1ccccc1.c1ccncc1.c1cncnc1. The number of aryl methyl sites for hydroxylation is 2. The minimum Gasteiger partial charge on any atom is -0.464 e. The van der Waals surface area contributed by atoms with Crippen molar-refractivity contribution in [3.05, 3.63) is 492 Å². The number of piperidine rings is 2. The van der Waals surface area contributed by atoms with Crippen LogP contribution >= 0.6 is 11.3 Å². The van der Waals surface area contributed by atoms with Crippen LogP contribution in [0.25, 0.3) is 87.3 Å². The first-order valence-electron chi connectivity index (χ1n) is 45.6. The van der Waals surface area contributed by atoms with Gasteiger partial charge in [-0.1, -0.05) is 463 Å². The smallest absolute Gasteiger partial charge is 0.133 e. The molecule has 0 radical (unpaired) electrons. The number of benzene rings is 13. The fourth-order valence-electron chi connectivity index (χ4n) is 14.3. The highest BCUT2D eigenvalue weighted by atomic mass is 32.1. The minimum absolute atomic E-state index is 0. The molecule has 8 aromatic heterocycles. The Morgan fingerprint density at radius 2 is 0.837 bits per heavy atom. The average Bonchev–Trinajstić information content (AvgIpc) is 1.29. The Morgan fingerprint density at radius 3 is 1.29 bits per heavy atom. The maximum atomic E-state index is 5.12. The summed E-state index contributed by atoms with van der Waals surface area (Å²) in [5.74, 6) is 1.04. The van der Waals surface area contributed by atoms with Gasteiger partial charge in [0.15, 0.2) is 0 Å². The van der Waals surface area contributed by atoms with Gasteiger partial charge in [0.1, 0.15) is 17.6 Å².